The van der Waals surface area contributed by atoms with Crippen molar-refractivity contribution in [1.29, 1.82) is 0 Å². The van der Waals surface area contributed by atoms with Crippen molar-refractivity contribution in [3.8, 4) is 0 Å². The molecule has 0 bridgehead atoms. The molecule has 1 aliphatic rings. The summed E-state index contributed by atoms with van der Waals surface area (Å²) in [4.78, 5) is 3.53. The molecule has 4 heteroatoms. The van der Waals surface area contributed by atoms with Crippen LogP contribution in [0.25, 0.3) is 0 Å². The molecule has 1 fully saturated rings. The fourth-order valence-corrected chi connectivity index (χ4v) is 2.74. The van der Waals surface area contributed by atoms with E-state index in [4.69, 9.17) is 9.84 Å². The molecule has 15 heavy (non-hydrogen) atoms. The second-order valence-electron chi connectivity index (χ2n) is 3.80. The number of hydrogen-bond acceptors (Lipinski definition) is 4. The van der Waals surface area contributed by atoms with Crippen LogP contribution in [0.5, 0.6) is 0 Å². The average molecular weight is 227 g/mol. The summed E-state index contributed by atoms with van der Waals surface area (Å²) in [5.41, 5.74) is 0. The Morgan fingerprint density at radius 3 is 3.13 bits per heavy atom. The van der Waals surface area contributed by atoms with Crippen LogP contribution in [0.2, 0.25) is 0 Å². The minimum Gasteiger partial charge on any atom is -0.394 e. The van der Waals surface area contributed by atoms with Crippen LogP contribution >= 0.6 is 11.3 Å². The molecule has 1 aliphatic heterocycles. The fourth-order valence-electron chi connectivity index (χ4n) is 1.94. The van der Waals surface area contributed by atoms with Crippen molar-refractivity contribution < 1.29 is 9.84 Å². The lowest BCUT2D eigenvalue weighted by Gasteiger charge is -2.20. The van der Waals surface area contributed by atoms with E-state index in [0.717, 1.165) is 19.5 Å². The third-order valence-corrected chi connectivity index (χ3v) is 3.50. The summed E-state index contributed by atoms with van der Waals surface area (Å²) in [6.07, 6.45) is 1.15. The van der Waals surface area contributed by atoms with E-state index >= 15 is 0 Å². The Hall–Kier alpha value is -0.420. The summed E-state index contributed by atoms with van der Waals surface area (Å²) >= 11 is 1.71. The number of hydrogen-bond donors (Lipinski definition) is 1. The monoisotopic (exact) mass is 227 g/mol. The molecule has 0 aromatic carbocycles. The summed E-state index contributed by atoms with van der Waals surface area (Å²) in [6.45, 7) is 4.14. The summed E-state index contributed by atoms with van der Waals surface area (Å²) in [5.74, 6) is 0. The van der Waals surface area contributed by atoms with Gasteiger partial charge in [-0.3, -0.25) is 4.90 Å². The minimum atomic E-state index is -0.0244. The lowest BCUT2D eigenvalue weighted by Crippen LogP contribution is -2.26. The van der Waals surface area contributed by atoms with E-state index in [0.29, 0.717) is 0 Å². The molecular weight excluding hydrogens is 210 g/mol. The van der Waals surface area contributed by atoms with Gasteiger partial charge >= 0.3 is 0 Å². The van der Waals surface area contributed by atoms with E-state index in [2.05, 4.69) is 23.3 Å². The van der Waals surface area contributed by atoms with Gasteiger partial charge in [0.1, 0.15) is 6.23 Å². The molecule has 0 aliphatic carbocycles. The highest BCUT2D eigenvalue weighted by Gasteiger charge is 2.33. The fraction of sp³-hybridized carbons (Fsp3) is 0.636. The highest BCUT2D eigenvalue weighted by Crippen LogP contribution is 2.32. The molecule has 0 spiro atoms. The normalized spacial score (nSPS) is 27.3. The Balaban J connectivity index is 2.08. The first-order chi connectivity index (χ1) is 7.35. The van der Waals surface area contributed by atoms with Crippen LogP contribution in [-0.4, -0.2) is 35.8 Å². The maximum atomic E-state index is 9.12. The second-order valence-corrected chi connectivity index (χ2v) is 4.78. The molecule has 1 aromatic rings. The average Bonchev–Trinajstić information content (AvgIpc) is 2.85. The molecule has 0 amide bonds. The van der Waals surface area contributed by atoms with Crippen LogP contribution in [0, 0.1) is 0 Å². The van der Waals surface area contributed by atoms with Gasteiger partial charge in [-0.05, 0) is 17.9 Å². The molecule has 2 unspecified atom stereocenters. The number of ether oxygens (including phenoxy) is 1. The quantitative estimate of drug-likeness (QED) is 0.852. The first kappa shape index (κ1) is 11.1. The van der Waals surface area contributed by atoms with Crippen molar-refractivity contribution in [2.75, 3.05) is 19.7 Å². The van der Waals surface area contributed by atoms with Gasteiger partial charge in [-0.25, -0.2) is 0 Å². The summed E-state index contributed by atoms with van der Waals surface area (Å²) in [7, 11) is 0. The smallest absolute Gasteiger partial charge is 0.146 e. The van der Waals surface area contributed by atoms with Crippen molar-refractivity contribution in [3.05, 3.63) is 22.4 Å². The maximum Gasteiger partial charge on any atom is 0.146 e. The Kier molecular flexibility index (Phi) is 3.75. The SMILES string of the molecule is CCCN1CC(CO)OC1c1cccs1. The van der Waals surface area contributed by atoms with Crippen LogP contribution in [0.4, 0.5) is 0 Å². The first-order valence-corrected chi connectivity index (χ1v) is 6.27. The summed E-state index contributed by atoms with van der Waals surface area (Å²) in [6, 6.07) is 4.14. The van der Waals surface area contributed by atoms with Gasteiger partial charge in [-0.2, -0.15) is 0 Å². The molecule has 2 atom stereocenters. The molecule has 2 heterocycles. The number of aliphatic hydroxyl groups is 1. The van der Waals surface area contributed by atoms with Crippen molar-refractivity contribution >= 4 is 11.3 Å². The van der Waals surface area contributed by atoms with Crippen molar-refractivity contribution in [1.82, 2.24) is 4.90 Å². The second kappa shape index (κ2) is 5.07. The molecule has 84 valence electrons. The lowest BCUT2D eigenvalue weighted by atomic mass is 10.3. The van der Waals surface area contributed by atoms with E-state index in [1.165, 1.54) is 4.88 Å². The van der Waals surface area contributed by atoms with Crippen LogP contribution < -0.4 is 0 Å². The molecule has 0 radical (unpaired) electrons. The number of aliphatic hydroxyl groups excluding tert-OH is 1. The molecule has 1 aromatic heterocycles. The first-order valence-electron chi connectivity index (χ1n) is 5.39. The standard InChI is InChI=1S/C11H17NO2S/c1-2-5-12-7-9(8-13)14-11(12)10-4-3-6-15-10/h3-4,6,9,11,13H,2,5,7-8H2,1H3. The van der Waals surface area contributed by atoms with E-state index in [1.807, 2.05) is 6.07 Å². The van der Waals surface area contributed by atoms with Gasteiger partial charge in [0.2, 0.25) is 0 Å². The number of thiophene rings is 1. The van der Waals surface area contributed by atoms with Gasteiger partial charge in [0.15, 0.2) is 0 Å². The molecule has 1 N–H and O–H groups in total. The van der Waals surface area contributed by atoms with Crippen LogP contribution in [-0.2, 0) is 4.74 Å². The lowest BCUT2D eigenvalue weighted by molar-refractivity contribution is -0.0174. The zero-order chi connectivity index (χ0) is 10.7. The zero-order valence-corrected chi connectivity index (χ0v) is 9.74. The number of rotatable bonds is 4. The molecule has 2 rings (SSSR count). The summed E-state index contributed by atoms with van der Waals surface area (Å²) in [5, 5.41) is 11.2. The van der Waals surface area contributed by atoms with E-state index in [1.54, 1.807) is 11.3 Å². The van der Waals surface area contributed by atoms with Crippen molar-refractivity contribution in [2.45, 2.75) is 25.7 Å². The maximum absolute atomic E-state index is 9.12. The zero-order valence-electron chi connectivity index (χ0n) is 8.93. The Morgan fingerprint density at radius 2 is 2.53 bits per heavy atom. The van der Waals surface area contributed by atoms with Gasteiger partial charge in [-0.1, -0.05) is 13.0 Å². The van der Waals surface area contributed by atoms with Crippen molar-refractivity contribution in [3.63, 3.8) is 0 Å². The topological polar surface area (TPSA) is 32.7 Å². The van der Waals surface area contributed by atoms with Gasteiger partial charge in [0.05, 0.1) is 12.7 Å². The minimum absolute atomic E-state index is 0.0244. The van der Waals surface area contributed by atoms with Crippen molar-refractivity contribution in [2.24, 2.45) is 0 Å². The third-order valence-electron chi connectivity index (χ3n) is 2.59. The van der Waals surface area contributed by atoms with E-state index < -0.39 is 0 Å². The Labute approximate surface area is 94.3 Å². The molecule has 0 saturated carbocycles. The predicted molar refractivity (Wildman–Crippen MR) is 60.9 cm³/mol. The molecule has 1 saturated heterocycles. The van der Waals surface area contributed by atoms with Gasteiger partial charge < -0.3 is 9.84 Å². The van der Waals surface area contributed by atoms with Crippen LogP contribution in [0.3, 0.4) is 0 Å². The van der Waals surface area contributed by atoms with Gasteiger partial charge in [0, 0.05) is 18.0 Å². The molecular formula is C11H17NO2S. The highest BCUT2D eigenvalue weighted by molar-refractivity contribution is 7.10. The predicted octanol–water partition coefficient (Wildman–Crippen LogP) is 1.85. The Bertz CT molecular complexity index is 289. The summed E-state index contributed by atoms with van der Waals surface area (Å²) < 4.78 is 5.81. The van der Waals surface area contributed by atoms with Crippen LogP contribution in [0.1, 0.15) is 24.4 Å². The highest BCUT2D eigenvalue weighted by atomic mass is 32.1. The van der Waals surface area contributed by atoms with Crippen LogP contribution in [0.15, 0.2) is 17.5 Å². The van der Waals surface area contributed by atoms with Gasteiger partial charge in [0.25, 0.3) is 0 Å². The van der Waals surface area contributed by atoms with Gasteiger partial charge in [-0.15, -0.1) is 11.3 Å². The Morgan fingerprint density at radius 1 is 1.67 bits per heavy atom. The number of nitrogens with zero attached hydrogens (tertiary/aromatic N) is 1. The van der Waals surface area contributed by atoms with E-state index in [9.17, 15) is 0 Å². The largest absolute Gasteiger partial charge is 0.394 e. The third kappa shape index (κ3) is 2.39. The molecule has 3 nitrogen and oxygen atoms in total. The van der Waals surface area contributed by atoms with E-state index in [-0.39, 0.29) is 18.9 Å².